The van der Waals surface area contributed by atoms with Crippen LogP contribution in [0.5, 0.6) is 0 Å². The molecule has 6 N–H and O–H groups in total. The molecule has 0 unspecified atom stereocenters. The van der Waals surface area contributed by atoms with Crippen molar-refractivity contribution in [3.8, 4) is 0 Å². The van der Waals surface area contributed by atoms with Gasteiger partial charge in [0.15, 0.2) is 5.78 Å². The molecule has 9 atom stereocenters. The lowest BCUT2D eigenvalue weighted by Gasteiger charge is -2.41. The van der Waals surface area contributed by atoms with E-state index in [4.69, 9.17) is 41.0 Å². The second kappa shape index (κ2) is 31.0. The summed E-state index contributed by atoms with van der Waals surface area (Å²) in [5.41, 5.74) is 3.01. The number of carbonyl (C=O) groups is 8. The number of ketones is 2. The summed E-state index contributed by atoms with van der Waals surface area (Å²) in [5.74, 6) is -7.63. The van der Waals surface area contributed by atoms with E-state index in [1.807, 2.05) is 19.1 Å². The second-order valence-electron chi connectivity index (χ2n) is 23.8. The van der Waals surface area contributed by atoms with Gasteiger partial charge >= 0.3 is 24.1 Å². The number of benzene rings is 2. The molecule has 5 amide bonds. The Morgan fingerprint density at radius 3 is 2.36 bits per heavy atom. The molecular weight excluding hydrogens is 1260 g/mol. The summed E-state index contributed by atoms with van der Waals surface area (Å²) >= 11 is 13.4. The average Bonchev–Trinajstić information content (AvgIpc) is 2.80. The number of nitrogens with two attached hydrogens (primary N) is 1. The Labute approximate surface area is 518 Å². The first kappa shape index (κ1) is 70.4. The average molecular weight is 1340 g/mol. The quantitative estimate of drug-likeness (QED) is 0.0215. The molecule has 3 aliphatic rings. The number of aliphatic hydroxyl groups is 1. The summed E-state index contributed by atoms with van der Waals surface area (Å²) < 4.78 is 61.6. The van der Waals surface area contributed by atoms with Crippen molar-refractivity contribution in [2.45, 2.75) is 180 Å². The number of halogens is 5. The van der Waals surface area contributed by atoms with Crippen LogP contribution in [-0.2, 0) is 65.3 Å². The lowest BCUT2D eigenvalue weighted by atomic mass is 9.78. The van der Waals surface area contributed by atoms with Crippen molar-refractivity contribution < 1.29 is 75.9 Å². The van der Waals surface area contributed by atoms with Crippen LogP contribution in [0.15, 0.2) is 48.1 Å². The van der Waals surface area contributed by atoms with Gasteiger partial charge in [-0.1, -0.05) is 94.1 Å². The minimum Gasteiger partial charge on any atom is -0.462 e. The van der Waals surface area contributed by atoms with Crippen LogP contribution in [0.1, 0.15) is 129 Å². The molecule has 2 fully saturated rings. The van der Waals surface area contributed by atoms with Gasteiger partial charge in [-0.2, -0.15) is 0 Å². The molecule has 0 spiro atoms. The van der Waals surface area contributed by atoms with E-state index in [0.29, 0.717) is 64.7 Å². The summed E-state index contributed by atoms with van der Waals surface area (Å²) in [6.07, 6.45) is 0.279. The van der Waals surface area contributed by atoms with Crippen molar-refractivity contribution in [3.05, 3.63) is 81.4 Å². The third-order valence-electron chi connectivity index (χ3n) is 16.0. The molecule has 4 bridgehead atoms. The molecule has 5 rings (SSSR count). The Balaban J connectivity index is 1.33. The van der Waals surface area contributed by atoms with Gasteiger partial charge in [-0.15, -0.1) is 0 Å². The zero-order chi connectivity index (χ0) is 63.3. The number of nitrogens with zero attached hydrogens (tertiary/aromatic N) is 1. The Bertz CT molecular complexity index is 2850. The molecule has 0 saturated carbocycles. The van der Waals surface area contributed by atoms with E-state index in [2.05, 4.69) is 47.8 Å². The van der Waals surface area contributed by atoms with E-state index >= 15 is 8.78 Å². The summed E-state index contributed by atoms with van der Waals surface area (Å²) in [5, 5.41) is 20.5. The van der Waals surface area contributed by atoms with E-state index in [1.165, 1.54) is 19.1 Å². The maximum absolute atomic E-state index is 16.1. The molecule has 0 aliphatic carbocycles. The molecule has 3 aliphatic heterocycles. The van der Waals surface area contributed by atoms with Crippen LogP contribution in [-0.4, -0.2) is 131 Å². The normalized spacial score (nSPS) is 24.5. The van der Waals surface area contributed by atoms with Crippen LogP contribution in [0, 0.1) is 42.2 Å². The number of nitrogens with one attached hydrogen (secondary N) is 3. The van der Waals surface area contributed by atoms with Crippen molar-refractivity contribution >= 4 is 102 Å². The fourth-order valence-corrected chi connectivity index (χ4v) is 12.7. The van der Waals surface area contributed by atoms with E-state index in [9.17, 15) is 43.5 Å². The highest BCUT2D eigenvalue weighted by Crippen LogP contribution is 2.50. The van der Waals surface area contributed by atoms with Gasteiger partial charge in [-0.25, -0.2) is 18.4 Å². The standard InChI is InChI=1S/C61H82Br2ClF2N5O14/c1-33(2)41(26-40(72)16-11-12-19-59(6,7)85-56(77)39(31-62)32-63)55(76)69-44(17-14-20-68-57(67)78)47(73)25-38-24-43(66)45(27-42(38)65)70-58(79)83-50-28-51(74)71(9)46-23-37(22-35(4)53(46)64)21-34(3)15-13-18-49(81-10)61(80)29-48(82-52(75)30-61)36(5)54-60(50,8)84-54/h13,15,18,22-24,27,33,36,39,41,44,48-50,54,80H,11-12,14,16-17,19-21,25-26,28-32H2,1-10H3,(H,69,76)(H,70,79)(H3,67,68,78)/b18-13+,34-15+/t36-,41+,44+,48+,49-,50+,54+,60+,61-/m1/s1. The summed E-state index contributed by atoms with van der Waals surface area (Å²) in [6, 6.07) is 2.93. The number of ether oxygens (including phenoxy) is 5. The number of allylic oxidation sites excluding steroid dienone is 3. The molecule has 2 saturated heterocycles. The van der Waals surface area contributed by atoms with E-state index in [-0.39, 0.29) is 68.7 Å². The number of methoxy groups -OCH3 is 1. The van der Waals surface area contributed by atoms with Gasteiger partial charge in [-0.05, 0) is 108 Å². The number of epoxide rings is 1. The van der Waals surface area contributed by atoms with Gasteiger partial charge < -0.3 is 50.1 Å². The number of urea groups is 1. The molecule has 0 radical (unpaired) electrons. The Kier molecular flexibility index (Phi) is 25.7. The first-order valence-electron chi connectivity index (χ1n) is 28.6. The Morgan fingerprint density at radius 1 is 1.02 bits per heavy atom. The molecule has 24 heteroatoms. The van der Waals surface area contributed by atoms with Crippen LogP contribution in [0.4, 0.5) is 29.7 Å². The van der Waals surface area contributed by atoms with Crippen molar-refractivity contribution in [1.82, 2.24) is 10.6 Å². The minimum atomic E-state index is -1.69. The number of primary amides is 1. The topological polar surface area (TPSA) is 272 Å². The smallest absolute Gasteiger partial charge is 0.412 e. The van der Waals surface area contributed by atoms with Gasteiger partial charge in [0, 0.05) is 74.9 Å². The number of amides is 5. The number of anilines is 2. The lowest BCUT2D eigenvalue weighted by Crippen LogP contribution is -2.53. The van der Waals surface area contributed by atoms with Crippen LogP contribution < -0.4 is 26.6 Å². The van der Waals surface area contributed by atoms with Gasteiger partial charge in [-0.3, -0.25) is 34.1 Å². The highest BCUT2D eigenvalue weighted by Gasteiger charge is 2.64. The van der Waals surface area contributed by atoms with Crippen molar-refractivity contribution in [2.24, 2.45) is 29.4 Å². The number of esters is 2. The predicted molar refractivity (Wildman–Crippen MR) is 324 cm³/mol. The number of carbonyl (C=O) groups excluding carboxylic acids is 8. The molecule has 2 aromatic carbocycles. The number of alkyl halides is 2. The minimum absolute atomic E-state index is 0.0219. The molecule has 3 heterocycles. The first-order chi connectivity index (χ1) is 39.8. The van der Waals surface area contributed by atoms with Crippen LogP contribution in [0.25, 0.3) is 0 Å². The van der Waals surface area contributed by atoms with Gasteiger partial charge in [0.2, 0.25) is 11.8 Å². The van der Waals surface area contributed by atoms with E-state index < -0.39 is 131 Å². The number of hydrogen-bond donors (Lipinski definition) is 5. The second-order valence-corrected chi connectivity index (χ2v) is 25.5. The third kappa shape index (κ3) is 19.6. The van der Waals surface area contributed by atoms with Gasteiger partial charge in [0.05, 0.1) is 47.3 Å². The summed E-state index contributed by atoms with van der Waals surface area (Å²) in [7, 11) is 2.93. The highest BCUT2D eigenvalue weighted by molar-refractivity contribution is 9.09. The molecule has 85 heavy (non-hydrogen) atoms. The number of unbranched alkanes of at least 4 members (excludes halogenated alkanes) is 1. The molecule has 0 aromatic heterocycles. The zero-order valence-corrected chi connectivity index (χ0v) is 53.9. The predicted octanol–water partition coefficient (Wildman–Crippen LogP) is 9.77. The fourth-order valence-electron chi connectivity index (χ4n) is 10.8. The highest BCUT2D eigenvalue weighted by atomic mass is 79.9. The van der Waals surface area contributed by atoms with Gasteiger partial charge in [0.25, 0.3) is 0 Å². The van der Waals surface area contributed by atoms with Crippen molar-refractivity contribution in [1.29, 1.82) is 0 Å². The van der Waals surface area contributed by atoms with E-state index in [1.54, 1.807) is 66.7 Å². The molecule has 470 valence electrons. The summed E-state index contributed by atoms with van der Waals surface area (Å²) in [4.78, 5) is 108. The molecular formula is C61H82Br2ClF2N5O14. The molecule has 19 nitrogen and oxygen atoms in total. The number of aryl methyl sites for hydroxylation is 1. The lowest BCUT2D eigenvalue weighted by molar-refractivity contribution is -0.187. The first-order valence-corrected chi connectivity index (χ1v) is 31.2. The van der Waals surface area contributed by atoms with Crippen molar-refractivity contribution in [2.75, 3.05) is 41.6 Å². The number of Topliss-reactive ketones (excluding diaryl/α,β-unsaturated/α-hetero) is 2. The fraction of sp³-hybridized carbons (Fsp3) is 0.607. The zero-order valence-electron chi connectivity index (χ0n) is 50.0. The monoisotopic (exact) mass is 1340 g/mol. The molecule has 2 aromatic rings. The van der Waals surface area contributed by atoms with Crippen LogP contribution in [0.3, 0.4) is 0 Å². The summed E-state index contributed by atoms with van der Waals surface area (Å²) in [6.45, 7) is 14.1. The number of fused-ring (bicyclic) bond motifs is 5. The largest absolute Gasteiger partial charge is 0.462 e. The SMILES string of the molecule is CO[C@@H]1/C=C/C=C(\C)Cc2cc(C)c(Cl)c(c2)N(C)C(=O)C[C@H](OC(=O)Nc2cc(F)c(CC(=O)[C@H](CCCNC(N)=O)NC(=O)[C@@H](CC(=O)CCCCC(C)(C)OC(=O)C(CBr)CBr)C(C)C)cc2F)[C@]2(C)O[C@H]2[C@H](C)[C@@H]2C[C@@]1(O)CC(=O)O2. The maximum Gasteiger partial charge on any atom is 0.412 e. The third-order valence-corrected chi connectivity index (χ3v) is 18.1. The Morgan fingerprint density at radius 2 is 1.72 bits per heavy atom. The number of hydrogen-bond acceptors (Lipinski definition) is 14. The van der Waals surface area contributed by atoms with Crippen LogP contribution in [0.2, 0.25) is 5.02 Å². The number of rotatable bonds is 24. The van der Waals surface area contributed by atoms with Crippen molar-refractivity contribution in [3.63, 3.8) is 0 Å². The van der Waals surface area contributed by atoms with Gasteiger partial charge in [0.1, 0.15) is 52.5 Å². The van der Waals surface area contributed by atoms with Crippen LogP contribution >= 0.6 is 43.5 Å². The maximum atomic E-state index is 16.1. The Hall–Kier alpha value is -5.33. The van der Waals surface area contributed by atoms with E-state index in [0.717, 1.165) is 11.1 Å².